The zero-order valence-corrected chi connectivity index (χ0v) is 22.5. The number of benzene rings is 3. The highest BCUT2D eigenvalue weighted by atomic mass is 35.5. The molecule has 2 atom stereocenters. The van der Waals surface area contributed by atoms with Crippen LogP contribution in [0.1, 0.15) is 53.9 Å². The first-order valence-electron chi connectivity index (χ1n) is 11.9. The molecule has 36 heavy (non-hydrogen) atoms. The number of carbonyl (C=O) groups is 1. The molecule has 0 fully saturated rings. The van der Waals surface area contributed by atoms with Crippen LogP contribution in [-0.4, -0.2) is 41.0 Å². The van der Waals surface area contributed by atoms with Gasteiger partial charge in [0.2, 0.25) is 0 Å². The molecule has 192 valence electrons. The van der Waals surface area contributed by atoms with Crippen LogP contribution in [0.4, 0.5) is 0 Å². The summed E-state index contributed by atoms with van der Waals surface area (Å²) in [7, 11) is 0. The number of hydrogen-bond donors (Lipinski definition) is 3. The summed E-state index contributed by atoms with van der Waals surface area (Å²) in [5, 5.41) is 24.5. The minimum absolute atomic E-state index is 0.165. The van der Waals surface area contributed by atoms with Crippen molar-refractivity contribution in [2.24, 2.45) is 0 Å². The Hall–Kier alpha value is -2.41. The summed E-state index contributed by atoms with van der Waals surface area (Å²) in [6, 6.07) is 18.7. The summed E-state index contributed by atoms with van der Waals surface area (Å²) in [5.74, 6) is -0.939. The van der Waals surface area contributed by atoms with Gasteiger partial charge in [-0.3, -0.25) is 0 Å². The van der Waals surface area contributed by atoms with Gasteiger partial charge in [-0.2, -0.15) is 0 Å². The van der Waals surface area contributed by atoms with Gasteiger partial charge in [0.15, 0.2) is 0 Å². The first kappa shape index (κ1) is 28.2. The normalized spacial score (nSPS) is 13.4. The molecule has 0 radical (unpaired) electrons. The summed E-state index contributed by atoms with van der Waals surface area (Å²) in [4.78, 5) is 11.4. The molecule has 0 aromatic heterocycles. The highest BCUT2D eigenvalue weighted by molar-refractivity contribution is 6.34. The van der Waals surface area contributed by atoms with Gasteiger partial charge in [0.25, 0.3) is 0 Å². The fraction of sp³-hybridized carbons (Fsp3) is 0.345. The van der Waals surface area contributed by atoms with Crippen molar-refractivity contribution in [2.45, 2.75) is 51.9 Å². The van der Waals surface area contributed by atoms with Crippen molar-refractivity contribution in [1.82, 2.24) is 5.32 Å². The number of halogens is 2. The van der Waals surface area contributed by atoms with Gasteiger partial charge < -0.3 is 20.3 Å². The van der Waals surface area contributed by atoms with Gasteiger partial charge in [-0.15, -0.1) is 0 Å². The van der Waals surface area contributed by atoms with E-state index in [0.717, 1.165) is 22.3 Å². The lowest BCUT2D eigenvalue weighted by Gasteiger charge is -2.28. The molecule has 0 bridgehead atoms. The third-order valence-electron chi connectivity index (χ3n) is 6.09. The molecule has 0 heterocycles. The zero-order valence-electron chi connectivity index (χ0n) is 21.0. The van der Waals surface area contributed by atoms with Crippen molar-refractivity contribution in [3.8, 4) is 11.1 Å². The minimum atomic E-state index is -0.939. The van der Waals surface area contributed by atoms with Crippen LogP contribution >= 0.6 is 23.2 Å². The van der Waals surface area contributed by atoms with Crippen LogP contribution in [0, 0.1) is 6.92 Å². The summed E-state index contributed by atoms with van der Waals surface area (Å²) >= 11 is 12.2. The molecule has 0 spiro atoms. The Bertz CT molecular complexity index is 1190. The summed E-state index contributed by atoms with van der Waals surface area (Å²) in [5.41, 5.74) is 4.59. The van der Waals surface area contributed by atoms with Crippen LogP contribution < -0.4 is 5.32 Å². The number of carboxylic acids is 1. The Morgan fingerprint density at radius 3 is 2.36 bits per heavy atom. The lowest BCUT2D eigenvalue weighted by molar-refractivity contribution is -0.00397. The smallest absolute Gasteiger partial charge is 0.335 e. The number of aliphatic hydroxyl groups is 1. The van der Waals surface area contributed by atoms with Crippen molar-refractivity contribution in [2.75, 3.05) is 13.2 Å². The predicted molar refractivity (Wildman–Crippen MR) is 146 cm³/mol. The van der Waals surface area contributed by atoms with Gasteiger partial charge in [-0.1, -0.05) is 59.6 Å². The maximum absolute atomic E-state index is 11.4. The molecule has 0 amide bonds. The summed E-state index contributed by atoms with van der Waals surface area (Å²) in [6.07, 6.45) is -0.263. The molecule has 3 N–H and O–H groups in total. The quantitative estimate of drug-likeness (QED) is 0.257. The van der Waals surface area contributed by atoms with Crippen LogP contribution in [-0.2, 0) is 11.2 Å². The summed E-state index contributed by atoms with van der Waals surface area (Å²) in [6.45, 7) is 8.40. The minimum Gasteiger partial charge on any atom is -0.478 e. The molecule has 0 saturated carbocycles. The lowest BCUT2D eigenvalue weighted by Crippen LogP contribution is -2.46. The van der Waals surface area contributed by atoms with Gasteiger partial charge in [0.05, 0.1) is 24.4 Å². The van der Waals surface area contributed by atoms with E-state index in [0.29, 0.717) is 28.6 Å². The van der Waals surface area contributed by atoms with Gasteiger partial charge in [0, 0.05) is 22.1 Å². The maximum Gasteiger partial charge on any atom is 0.335 e. The van der Waals surface area contributed by atoms with E-state index in [-0.39, 0.29) is 23.8 Å². The Morgan fingerprint density at radius 2 is 1.72 bits per heavy atom. The fourth-order valence-corrected chi connectivity index (χ4v) is 4.84. The molecule has 0 aliphatic carbocycles. The van der Waals surface area contributed by atoms with Crippen LogP contribution in [0.15, 0.2) is 60.7 Å². The topological polar surface area (TPSA) is 78.8 Å². The van der Waals surface area contributed by atoms with Crippen LogP contribution in [0.25, 0.3) is 11.1 Å². The van der Waals surface area contributed by atoms with E-state index < -0.39 is 12.1 Å². The van der Waals surface area contributed by atoms with Gasteiger partial charge >= 0.3 is 5.97 Å². The molecule has 3 aromatic rings. The molecule has 3 aromatic carbocycles. The Kier molecular flexibility index (Phi) is 9.56. The first-order chi connectivity index (χ1) is 16.9. The van der Waals surface area contributed by atoms with E-state index in [1.54, 1.807) is 19.1 Å². The Labute approximate surface area is 223 Å². The lowest BCUT2D eigenvalue weighted by atomic mass is 9.94. The number of nitrogens with one attached hydrogen (secondary N) is 1. The van der Waals surface area contributed by atoms with Crippen molar-refractivity contribution in [3.63, 3.8) is 0 Å². The molecule has 3 rings (SSSR count). The van der Waals surface area contributed by atoms with Crippen LogP contribution in [0.2, 0.25) is 10.0 Å². The van der Waals surface area contributed by atoms with Gasteiger partial charge in [-0.25, -0.2) is 4.79 Å². The third-order valence-corrected chi connectivity index (χ3v) is 6.53. The average Bonchev–Trinajstić information content (AvgIpc) is 2.80. The van der Waals surface area contributed by atoms with E-state index in [9.17, 15) is 15.0 Å². The second kappa shape index (κ2) is 12.2. The number of carboxylic acid groups (broad SMARTS) is 1. The summed E-state index contributed by atoms with van der Waals surface area (Å²) < 4.78 is 6.04. The fourth-order valence-electron chi connectivity index (χ4n) is 4.27. The zero-order chi connectivity index (χ0) is 26.5. The molecule has 0 aliphatic heterocycles. The molecule has 5 nitrogen and oxygen atoms in total. The van der Waals surface area contributed by atoms with Crippen LogP contribution in [0.3, 0.4) is 0 Å². The molecule has 0 aliphatic rings. The highest BCUT2D eigenvalue weighted by Crippen LogP contribution is 2.31. The predicted octanol–water partition coefficient (Wildman–Crippen LogP) is 6.72. The second-order valence-corrected chi connectivity index (χ2v) is 10.6. The molecular weight excluding hydrogens is 497 g/mol. The van der Waals surface area contributed by atoms with E-state index in [1.807, 2.05) is 55.5 Å². The number of hydrogen-bond acceptors (Lipinski definition) is 4. The Morgan fingerprint density at radius 1 is 1.06 bits per heavy atom. The van der Waals surface area contributed by atoms with Crippen molar-refractivity contribution >= 4 is 29.2 Å². The number of aromatic carboxylic acids is 1. The van der Waals surface area contributed by atoms with Crippen molar-refractivity contribution in [3.05, 3.63) is 93.0 Å². The number of β-amino-alcohol motifs (C(OH)–C–C–N with tert-alkyl or cyclic N) is 1. The molecule has 7 heteroatoms. The van der Waals surface area contributed by atoms with Crippen molar-refractivity contribution < 1.29 is 19.7 Å². The SMILES string of the molecule is Cc1cc(-c2ccccc2C(C)OCC(O)CNC(C)(C)Cc2cc(Cl)cc(Cl)c2)ccc1C(=O)O. The molecule has 2 unspecified atom stereocenters. The number of aliphatic hydroxyl groups excluding tert-OH is 1. The number of aryl methyl sites for hydroxylation is 1. The third kappa shape index (κ3) is 7.79. The standard InChI is InChI=1S/C29H33Cl2NO4/c1-18-11-21(9-10-25(18)28(34)35)27-8-6-5-7-26(27)19(2)36-17-24(33)16-32-29(3,4)15-20-12-22(30)14-23(31)13-20/h5-14,19,24,32-33H,15-17H2,1-4H3,(H,34,35). The number of ether oxygens (including phenoxy) is 1. The van der Waals surface area contributed by atoms with E-state index in [2.05, 4.69) is 19.2 Å². The van der Waals surface area contributed by atoms with E-state index in [4.69, 9.17) is 27.9 Å². The van der Waals surface area contributed by atoms with Gasteiger partial charge in [0.1, 0.15) is 0 Å². The monoisotopic (exact) mass is 529 g/mol. The second-order valence-electron chi connectivity index (χ2n) is 9.77. The maximum atomic E-state index is 11.4. The van der Waals surface area contributed by atoms with E-state index >= 15 is 0 Å². The van der Waals surface area contributed by atoms with Crippen molar-refractivity contribution in [1.29, 1.82) is 0 Å². The average molecular weight is 530 g/mol. The largest absolute Gasteiger partial charge is 0.478 e. The molecular formula is C29H33Cl2NO4. The highest BCUT2D eigenvalue weighted by Gasteiger charge is 2.21. The molecule has 0 saturated heterocycles. The van der Waals surface area contributed by atoms with E-state index in [1.165, 1.54) is 0 Å². The first-order valence-corrected chi connectivity index (χ1v) is 12.6. The Balaban J connectivity index is 1.59. The number of rotatable bonds is 11. The van der Waals surface area contributed by atoms with Crippen LogP contribution in [0.5, 0.6) is 0 Å². The van der Waals surface area contributed by atoms with Gasteiger partial charge in [-0.05, 0) is 86.2 Å².